The SMILES string of the molecule is Cc1ccccc1C(O)CN=C(NCCSCc1ccc(CN(C)C)o1)NS(C)(=O)=O. The van der Waals surface area contributed by atoms with Crippen molar-refractivity contribution < 1.29 is 17.9 Å². The van der Waals surface area contributed by atoms with Gasteiger partial charge in [-0.15, -0.1) is 0 Å². The van der Waals surface area contributed by atoms with Crippen LogP contribution in [0.15, 0.2) is 45.8 Å². The number of benzene rings is 1. The summed E-state index contributed by atoms with van der Waals surface area (Å²) in [5.41, 5.74) is 1.73. The van der Waals surface area contributed by atoms with E-state index in [2.05, 4.69) is 15.0 Å². The topological polar surface area (TPSA) is 107 Å². The smallest absolute Gasteiger partial charge is 0.232 e. The van der Waals surface area contributed by atoms with Crippen LogP contribution in [0.4, 0.5) is 0 Å². The highest BCUT2D eigenvalue weighted by molar-refractivity contribution is 7.98. The van der Waals surface area contributed by atoms with Crippen LogP contribution in [-0.2, 0) is 22.3 Å². The van der Waals surface area contributed by atoms with Crippen molar-refractivity contribution in [2.45, 2.75) is 25.3 Å². The molecule has 2 aromatic rings. The predicted octanol–water partition coefficient (Wildman–Crippen LogP) is 2.11. The fourth-order valence-electron chi connectivity index (χ4n) is 2.85. The molecule has 0 saturated carbocycles. The molecule has 2 rings (SSSR count). The number of hydrogen-bond acceptors (Lipinski definition) is 7. The monoisotopic (exact) mass is 468 g/mol. The Morgan fingerprint density at radius 2 is 1.94 bits per heavy atom. The summed E-state index contributed by atoms with van der Waals surface area (Å²) in [6.45, 7) is 3.23. The van der Waals surface area contributed by atoms with E-state index in [9.17, 15) is 13.5 Å². The normalized spacial score (nSPS) is 13.4. The van der Waals surface area contributed by atoms with E-state index >= 15 is 0 Å². The maximum Gasteiger partial charge on any atom is 0.232 e. The first kappa shape index (κ1) is 25.3. The Balaban J connectivity index is 1.84. The van der Waals surface area contributed by atoms with E-state index in [-0.39, 0.29) is 12.5 Å². The van der Waals surface area contributed by atoms with Gasteiger partial charge in [0.2, 0.25) is 16.0 Å². The molecular weight excluding hydrogens is 436 g/mol. The summed E-state index contributed by atoms with van der Waals surface area (Å²) in [4.78, 5) is 6.29. The van der Waals surface area contributed by atoms with Crippen molar-refractivity contribution in [2.24, 2.45) is 4.99 Å². The fourth-order valence-corrected chi connectivity index (χ4v) is 4.08. The maximum atomic E-state index is 11.6. The second kappa shape index (κ2) is 12.1. The Morgan fingerprint density at radius 3 is 2.61 bits per heavy atom. The second-order valence-electron chi connectivity index (χ2n) is 7.52. The number of furan rings is 1. The van der Waals surface area contributed by atoms with Gasteiger partial charge in [0.25, 0.3) is 0 Å². The Hall–Kier alpha value is -2.01. The third-order valence-corrected chi connectivity index (χ3v) is 5.77. The zero-order valence-corrected chi connectivity index (χ0v) is 20.1. The molecule has 0 spiro atoms. The Labute approximate surface area is 189 Å². The largest absolute Gasteiger partial charge is 0.464 e. The van der Waals surface area contributed by atoms with Crippen LogP contribution >= 0.6 is 11.8 Å². The number of aliphatic imine (C=N–C) groups is 1. The van der Waals surface area contributed by atoms with E-state index in [0.29, 0.717) is 6.54 Å². The van der Waals surface area contributed by atoms with Crippen molar-refractivity contribution >= 4 is 27.7 Å². The summed E-state index contributed by atoms with van der Waals surface area (Å²) >= 11 is 1.67. The molecule has 172 valence electrons. The van der Waals surface area contributed by atoms with Crippen LogP contribution in [0.2, 0.25) is 0 Å². The molecule has 1 aromatic heterocycles. The highest BCUT2D eigenvalue weighted by Crippen LogP contribution is 2.17. The van der Waals surface area contributed by atoms with Gasteiger partial charge in [0.1, 0.15) is 11.5 Å². The van der Waals surface area contributed by atoms with E-state index in [1.54, 1.807) is 11.8 Å². The summed E-state index contributed by atoms with van der Waals surface area (Å²) in [5, 5.41) is 13.4. The van der Waals surface area contributed by atoms with E-state index in [1.807, 2.05) is 62.3 Å². The maximum absolute atomic E-state index is 11.6. The van der Waals surface area contributed by atoms with Crippen molar-refractivity contribution in [2.75, 3.05) is 39.2 Å². The van der Waals surface area contributed by atoms with Crippen molar-refractivity contribution in [3.8, 4) is 0 Å². The molecule has 0 amide bonds. The number of thioether (sulfide) groups is 1. The molecule has 31 heavy (non-hydrogen) atoms. The van der Waals surface area contributed by atoms with Crippen molar-refractivity contribution in [3.63, 3.8) is 0 Å². The van der Waals surface area contributed by atoms with Gasteiger partial charge in [-0.2, -0.15) is 11.8 Å². The molecule has 10 heteroatoms. The molecular formula is C21H32N4O4S2. The van der Waals surface area contributed by atoms with Crippen LogP contribution in [0.5, 0.6) is 0 Å². The Bertz CT molecular complexity index is 958. The molecule has 1 heterocycles. The van der Waals surface area contributed by atoms with Crippen LogP contribution in [0.1, 0.15) is 28.8 Å². The number of aryl methyl sites for hydroxylation is 1. The van der Waals surface area contributed by atoms with Gasteiger partial charge in [-0.3, -0.25) is 4.72 Å². The zero-order chi connectivity index (χ0) is 22.9. The lowest BCUT2D eigenvalue weighted by Crippen LogP contribution is -2.41. The van der Waals surface area contributed by atoms with Gasteiger partial charge in [0.05, 0.1) is 31.2 Å². The lowest BCUT2D eigenvalue weighted by Gasteiger charge is -2.14. The molecule has 0 radical (unpaired) electrons. The molecule has 0 fully saturated rings. The molecule has 0 bridgehead atoms. The number of aliphatic hydroxyl groups excluding tert-OH is 1. The molecule has 0 saturated heterocycles. The van der Waals surface area contributed by atoms with Crippen molar-refractivity contribution in [1.29, 1.82) is 0 Å². The van der Waals surface area contributed by atoms with E-state index in [4.69, 9.17) is 4.42 Å². The number of nitrogens with one attached hydrogen (secondary N) is 2. The molecule has 0 aliphatic carbocycles. The fraction of sp³-hybridized carbons (Fsp3) is 0.476. The first-order chi connectivity index (χ1) is 14.6. The van der Waals surface area contributed by atoms with Crippen LogP contribution in [0.3, 0.4) is 0 Å². The van der Waals surface area contributed by atoms with Crippen LogP contribution in [0.25, 0.3) is 0 Å². The standard InChI is InChI=1S/C21H32N4O4S2/c1-16-7-5-6-8-19(16)20(26)13-23-21(24-31(4,27)28)22-11-12-30-15-18-10-9-17(29-18)14-25(2)3/h5-10,20,26H,11-15H2,1-4H3,(H2,22,23,24). The van der Waals surface area contributed by atoms with Crippen LogP contribution < -0.4 is 10.0 Å². The minimum atomic E-state index is -3.49. The second-order valence-corrected chi connectivity index (χ2v) is 10.4. The van der Waals surface area contributed by atoms with Gasteiger partial charge in [-0.1, -0.05) is 24.3 Å². The minimum Gasteiger partial charge on any atom is -0.464 e. The van der Waals surface area contributed by atoms with E-state index in [0.717, 1.165) is 47.0 Å². The summed E-state index contributed by atoms with van der Waals surface area (Å²) < 4.78 is 31.4. The summed E-state index contributed by atoms with van der Waals surface area (Å²) in [6.07, 6.45) is 0.253. The summed E-state index contributed by atoms with van der Waals surface area (Å²) in [6, 6.07) is 11.5. The molecule has 0 aliphatic heterocycles. The van der Waals surface area contributed by atoms with Crippen LogP contribution in [0, 0.1) is 6.92 Å². The third-order valence-electron chi connectivity index (χ3n) is 4.22. The Kier molecular flexibility index (Phi) is 9.89. The zero-order valence-electron chi connectivity index (χ0n) is 18.5. The average Bonchev–Trinajstić information content (AvgIpc) is 3.11. The molecule has 1 atom stereocenters. The molecule has 0 aliphatic rings. The quantitative estimate of drug-likeness (QED) is 0.263. The number of aliphatic hydroxyl groups is 1. The number of hydrogen-bond donors (Lipinski definition) is 3. The summed E-state index contributed by atoms with van der Waals surface area (Å²) in [7, 11) is 0.497. The first-order valence-corrected chi connectivity index (χ1v) is 13.0. The van der Waals surface area contributed by atoms with E-state index < -0.39 is 16.1 Å². The predicted molar refractivity (Wildman–Crippen MR) is 127 cm³/mol. The van der Waals surface area contributed by atoms with Gasteiger partial charge >= 0.3 is 0 Å². The molecule has 1 unspecified atom stereocenters. The number of rotatable bonds is 11. The number of sulfonamides is 1. The highest BCUT2D eigenvalue weighted by atomic mass is 32.2. The van der Waals surface area contributed by atoms with Crippen molar-refractivity contribution in [1.82, 2.24) is 14.9 Å². The number of guanidine groups is 1. The Morgan fingerprint density at radius 1 is 1.23 bits per heavy atom. The van der Waals surface area contributed by atoms with Gasteiger partial charge < -0.3 is 19.7 Å². The van der Waals surface area contributed by atoms with Gasteiger partial charge in [0, 0.05) is 12.3 Å². The molecule has 1 aromatic carbocycles. The van der Waals surface area contributed by atoms with Gasteiger partial charge in [-0.25, -0.2) is 13.4 Å². The third kappa shape index (κ3) is 9.77. The lowest BCUT2D eigenvalue weighted by molar-refractivity contribution is 0.186. The molecule has 3 N–H and O–H groups in total. The minimum absolute atomic E-state index is 0.0455. The van der Waals surface area contributed by atoms with Crippen LogP contribution in [-0.4, -0.2) is 63.6 Å². The van der Waals surface area contributed by atoms with Gasteiger partial charge in [0.15, 0.2) is 0 Å². The van der Waals surface area contributed by atoms with Crippen molar-refractivity contribution in [3.05, 3.63) is 59.0 Å². The molecule has 8 nitrogen and oxygen atoms in total. The lowest BCUT2D eigenvalue weighted by atomic mass is 10.0. The average molecular weight is 469 g/mol. The number of nitrogens with zero attached hydrogens (tertiary/aromatic N) is 2. The van der Waals surface area contributed by atoms with E-state index in [1.165, 1.54) is 0 Å². The highest BCUT2D eigenvalue weighted by Gasteiger charge is 2.12. The summed E-state index contributed by atoms with van der Waals surface area (Å²) in [5.74, 6) is 3.42. The van der Waals surface area contributed by atoms with Gasteiger partial charge in [-0.05, 0) is 44.3 Å². The first-order valence-electron chi connectivity index (χ1n) is 9.94.